The first kappa shape index (κ1) is 24.6. The van der Waals surface area contributed by atoms with E-state index in [1.54, 1.807) is 35.9 Å². The van der Waals surface area contributed by atoms with Gasteiger partial charge in [-0.15, -0.1) is 0 Å². The van der Waals surface area contributed by atoms with Crippen molar-refractivity contribution >= 4 is 44.8 Å². The van der Waals surface area contributed by atoms with E-state index in [4.69, 9.17) is 21.1 Å². The van der Waals surface area contributed by atoms with Crippen LogP contribution in [0.2, 0.25) is 5.02 Å². The molecule has 0 bridgehead atoms. The smallest absolute Gasteiger partial charge is 0.280 e. The number of pyridine rings is 1. The zero-order valence-corrected chi connectivity index (χ0v) is 21.6. The number of aromatic nitrogens is 4. The Balaban J connectivity index is 1.28. The van der Waals surface area contributed by atoms with Gasteiger partial charge in [0, 0.05) is 24.5 Å². The monoisotopic (exact) mass is 539 g/mol. The molecule has 0 unspecified atom stereocenters. The van der Waals surface area contributed by atoms with E-state index in [9.17, 15) is 9.59 Å². The molecule has 6 aromatic rings. The molecule has 9 nitrogen and oxygen atoms in total. The van der Waals surface area contributed by atoms with Crippen LogP contribution in [-0.2, 0) is 16.1 Å². The van der Waals surface area contributed by atoms with Crippen molar-refractivity contribution in [3.63, 3.8) is 0 Å². The number of hydrogen-bond acceptors (Lipinski definition) is 6. The van der Waals surface area contributed by atoms with Crippen LogP contribution in [0.3, 0.4) is 0 Å². The third kappa shape index (κ3) is 4.69. The Bertz CT molecular complexity index is 1910. The summed E-state index contributed by atoms with van der Waals surface area (Å²) in [6.45, 7) is -0.00275. The van der Waals surface area contributed by atoms with Gasteiger partial charge >= 0.3 is 0 Å². The van der Waals surface area contributed by atoms with Crippen molar-refractivity contribution in [1.82, 2.24) is 19.3 Å². The van der Waals surface area contributed by atoms with E-state index in [0.717, 1.165) is 26.6 Å². The molecule has 0 spiro atoms. The van der Waals surface area contributed by atoms with Gasteiger partial charge in [0.25, 0.3) is 11.5 Å². The van der Waals surface area contributed by atoms with Gasteiger partial charge < -0.3 is 9.47 Å². The molecule has 0 fully saturated rings. The lowest BCUT2D eigenvalue weighted by Crippen LogP contribution is -2.35. The fraction of sp³-hybridized carbons (Fsp3) is 0.103. The number of carbonyl (C=O) groups is 1. The van der Waals surface area contributed by atoms with Crippen molar-refractivity contribution in [2.75, 3.05) is 19.1 Å². The summed E-state index contributed by atoms with van der Waals surface area (Å²) < 4.78 is 13.7. The maximum atomic E-state index is 13.2. The Kier molecular flexibility index (Phi) is 6.44. The normalized spacial score (nSPS) is 11.3. The minimum absolute atomic E-state index is 0.257. The average molecular weight is 540 g/mol. The van der Waals surface area contributed by atoms with Crippen molar-refractivity contribution in [2.24, 2.45) is 0 Å². The third-order valence-corrected chi connectivity index (χ3v) is 6.59. The summed E-state index contributed by atoms with van der Waals surface area (Å²) in [5.41, 5.74) is 5.58. The zero-order valence-electron chi connectivity index (χ0n) is 20.8. The van der Waals surface area contributed by atoms with Crippen LogP contribution in [0.25, 0.3) is 38.4 Å². The quantitative estimate of drug-likeness (QED) is 0.312. The van der Waals surface area contributed by atoms with Crippen molar-refractivity contribution in [2.45, 2.75) is 6.61 Å². The second-order valence-corrected chi connectivity index (χ2v) is 9.31. The standard InChI is InChI=1S/C29H22ClN5O4/c1-38-16-24-27(19-6-9-21(30)10-7-19)28-31-15-23-25(35(28)32-24)12-13-34(29(23)37)33-26(36)17-39-22-11-8-18-4-2-3-5-20(18)14-22/h2-15H,16-17H2,1H3,(H,33,36). The SMILES string of the molecule is COCc1nn2c(ncc3c(=O)n(NC(=O)COc4ccc5ccccc5c4)ccc32)c1-c1ccc(Cl)cc1. The summed E-state index contributed by atoms with van der Waals surface area (Å²) >= 11 is 6.07. The van der Waals surface area contributed by atoms with Crippen LogP contribution in [0.5, 0.6) is 5.75 Å². The van der Waals surface area contributed by atoms with Crippen molar-refractivity contribution < 1.29 is 14.3 Å². The molecule has 0 saturated carbocycles. The summed E-state index contributed by atoms with van der Waals surface area (Å²) in [7, 11) is 1.59. The van der Waals surface area contributed by atoms with Crippen molar-refractivity contribution in [3.8, 4) is 16.9 Å². The van der Waals surface area contributed by atoms with Crippen LogP contribution in [0.15, 0.2) is 90.0 Å². The molecule has 3 aromatic heterocycles. The Morgan fingerprint density at radius 1 is 1.03 bits per heavy atom. The molecule has 3 aromatic carbocycles. The van der Waals surface area contributed by atoms with E-state index in [2.05, 4.69) is 15.5 Å². The lowest BCUT2D eigenvalue weighted by Gasteiger charge is -2.11. The van der Waals surface area contributed by atoms with Crippen LogP contribution in [0.4, 0.5) is 0 Å². The van der Waals surface area contributed by atoms with Gasteiger partial charge in [0.1, 0.15) is 5.75 Å². The van der Waals surface area contributed by atoms with Gasteiger partial charge in [-0.25, -0.2) is 14.2 Å². The Hall–Kier alpha value is -4.73. The van der Waals surface area contributed by atoms with Crippen molar-refractivity contribution in [1.29, 1.82) is 0 Å². The Morgan fingerprint density at radius 3 is 2.62 bits per heavy atom. The van der Waals surface area contributed by atoms with Gasteiger partial charge in [0.2, 0.25) is 0 Å². The first-order valence-electron chi connectivity index (χ1n) is 12.1. The van der Waals surface area contributed by atoms with E-state index in [0.29, 0.717) is 27.6 Å². The van der Waals surface area contributed by atoms with Gasteiger partial charge in [0.05, 0.1) is 28.8 Å². The number of halogens is 1. The highest BCUT2D eigenvalue weighted by Gasteiger charge is 2.19. The molecule has 10 heteroatoms. The topological polar surface area (TPSA) is 99.8 Å². The van der Waals surface area contributed by atoms with Gasteiger partial charge in [-0.2, -0.15) is 5.10 Å². The minimum atomic E-state index is -0.481. The number of ether oxygens (including phenoxy) is 2. The summed E-state index contributed by atoms with van der Waals surface area (Å²) in [5.74, 6) is 0.0773. The number of fused-ring (bicyclic) bond motifs is 4. The van der Waals surface area contributed by atoms with Crippen LogP contribution < -0.4 is 15.7 Å². The maximum Gasteiger partial charge on any atom is 0.280 e. The number of hydrogen-bond donors (Lipinski definition) is 1. The van der Waals surface area contributed by atoms with Crippen LogP contribution >= 0.6 is 11.6 Å². The second kappa shape index (κ2) is 10.2. The molecule has 194 valence electrons. The molecule has 0 aliphatic carbocycles. The number of rotatable bonds is 7. The highest BCUT2D eigenvalue weighted by Crippen LogP contribution is 2.30. The van der Waals surface area contributed by atoms with Crippen LogP contribution in [0, 0.1) is 0 Å². The highest BCUT2D eigenvalue weighted by atomic mass is 35.5. The highest BCUT2D eigenvalue weighted by molar-refractivity contribution is 6.30. The van der Waals surface area contributed by atoms with Crippen LogP contribution in [0.1, 0.15) is 5.69 Å². The molecule has 0 aliphatic heterocycles. The first-order chi connectivity index (χ1) is 19.0. The van der Waals surface area contributed by atoms with Crippen LogP contribution in [-0.4, -0.2) is 38.9 Å². The molecular formula is C29H22ClN5O4. The summed E-state index contributed by atoms with van der Waals surface area (Å²) in [6.07, 6.45) is 2.97. The largest absolute Gasteiger partial charge is 0.484 e. The maximum absolute atomic E-state index is 13.2. The molecule has 6 rings (SSSR count). The molecule has 1 N–H and O–H groups in total. The Labute approximate surface area is 227 Å². The molecular weight excluding hydrogens is 518 g/mol. The fourth-order valence-corrected chi connectivity index (χ4v) is 4.65. The average Bonchev–Trinajstić information content (AvgIpc) is 3.32. The second-order valence-electron chi connectivity index (χ2n) is 8.88. The predicted octanol–water partition coefficient (Wildman–Crippen LogP) is 4.81. The molecule has 0 saturated heterocycles. The fourth-order valence-electron chi connectivity index (χ4n) is 4.52. The first-order valence-corrected chi connectivity index (χ1v) is 12.5. The lowest BCUT2D eigenvalue weighted by molar-refractivity contribution is -0.119. The van der Waals surface area contributed by atoms with E-state index in [1.165, 1.54) is 12.4 Å². The molecule has 0 atom stereocenters. The van der Waals surface area contributed by atoms with E-state index in [-0.39, 0.29) is 18.6 Å². The summed E-state index contributed by atoms with van der Waals surface area (Å²) in [5, 5.41) is 7.67. The predicted molar refractivity (Wildman–Crippen MR) is 150 cm³/mol. The van der Waals surface area contributed by atoms with Gasteiger partial charge in [-0.05, 0) is 46.7 Å². The molecule has 39 heavy (non-hydrogen) atoms. The number of amides is 1. The number of carbonyl (C=O) groups excluding carboxylic acids is 1. The van der Waals surface area contributed by atoms with Gasteiger partial charge in [-0.1, -0.05) is 54.1 Å². The van der Waals surface area contributed by atoms with E-state index < -0.39 is 11.5 Å². The minimum Gasteiger partial charge on any atom is -0.484 e. The van der Waals surface area contributed by atoms with E-state index in [1.807, 2.05) is 48.5 Å². The summed E-state index contributed by atoms with van der Waals surface area (Å²) in [4.78, 5) is 30.4. The summed E-state index contributed by atoms with van der Waals surface area (Å²) in [6, 6.07) is 22.5. The number of methoxy groups -OCH3 is 1. The zero-order chi connectivity index (χ0) is 26.9. The molecule has 1 amide bonds. The van der Waals surface area contributed by atoms with Gasteiger partial charge in [-0.3, -0.25) is 15.0 Å². The van der Waals surface area contributed by atoms with Crippen molar-refractivity contribution in [3.05, 3.63) is 106 Å². The van der Waals surface area contributed by atoms with Gasteiger partial charge in [0.15, 0.2) is 12.3 Å². The third-order valence-electron chi connectivity index (χ3n) is 6.33. The lowest BCUT2D eigenvalue weighted by atomic mass is 10.1. The number of nitrogens with one attached hydrogen (secondary N) is 1. The molecule has 0 aliphatic rings. The molecule has 0 radical (unpaired) electrons. The Morgan fingerprint density at radius 2 is 1.82 bits per heavy atom. The van der Waals surface area contributed by atoms with E-state index >= 15 is 0 Å². The molecule has 3 heterocycles. The number of benzene rings is 3. The number of nitrogens with zero attached hydrogens (tertiary/aromatic N) is 4.